The molecule has 0 spiro atoms. The number of benzene rings is 1. The van der Waals surface area contributed by atoms with Crippen LogP contribution in [-0.4, -0.2) is 20.7 Å². The van der Waals surface area contributed by atoms with Gasteiger partial charge < -0.3 is 4.74 Å². The molecule has 0 radical (unpaired) electrons. The fraction of sp³-hybridized carbons (Fsp3) is 0.263. The Morgan fingerprint density at radius 2 is 2.08 bits per heavy atom. The summed E-state index contributed by atoms with van der Waals surface area (Å²) in [4.78, 5) is 4.49. The highest BCUT2D eigenvalue weighted by Gasteiger charge is 2.13. The molecule has 0 aliphatic carbocycles. The largest absolute Gasteiger partial charge is 0.474 e. The zero-order chi connectivity index (χ0) is 16.5. The van der Waals surface area contributed by atoms with Crippen molar-refractivity contribution in [3.63, 3.8) is 0 Å². The first-order valence-electron chi connectivity index (χ1n) is 8.24. The maximum absolute atomic E-state index is 5.93. The molecule has 1 unspecified atom stereocenters. The minimum atomic E-state index is 0.161. The summed E-state index contributed by atoms with van der Waals surface area (Å²) in [5.74, 6) is 0.641. The fourth-order valence-corrected chi connectivity index (χ4v) is 3.91. The van der Waals surface area contributed by atoms with Crippen LogP contribution < -0.4 is 4.74 Å². The van der Waals surface area contributed by atoms with Crippen LogP contribution in [0.5, 0.6) is 5.88 Å². The Balaban J connectivity index is 1.78. The lowest BCUT2D eigenvalue weighted by Crippen LogP contribution is -2.12. The Morgan fingerprint density at radius 3 is 2.96 bits per heavy atom. The summed E-state index contributed by atoms with van der Waals surface area (Å²) in [7, 11) is 0. The van der Waals surface area contributed by atoms with E-state index in [0.29, 0.717) is 5.88 Å². The van der Waals surface area contributed by atoms with Gasteiger partial charge in [0.05, 0.1) is 18.0 Å². The highest BCUT2D eigenvalue weighted by atomic mass is 32.1. The minimum Gasteiger partial charge on any atom is -0.474 e. The van der Waals surface area contributed by atoms with Gasteiger partial charge in [0, 0.05) is 27.1 Å². The van der Waals surface area contributed by atoms with Crippen LogP contribution in [0.25, 0.3) is 27.0 Å². The average molecular weight is 337 g/mol. The highest BCUT2D eigenvalue weighted by Crippen LogP contribution is 2.34. The van der Waals surface area contributed by atoms with E-state index >= 15 is 0 Å². The predicted octanol–water partition coefficient (Wildman–Crippen LogP) is 5.18. The van der Waals surface area contributed by atoms with Gasteiger partial charge in [0.15, 0.2) is 5.65 Å². The summed E-state index contributed by atoms with van der Waals surface area (Å²) in [6.45, 7) is 4.24. The zero-order valence-electron chi connectivity index (χ0n) is 13.8. The molecular formula is C19H19N3OS. The number of fused-ring (bicyclic) bond motifs is 2. The lowest BCUT2D eigenvalue weighted by atomic mass is 10.1. The molecule has 0 saturated carbocycles. The van der Waals surface area contributed by atoms with E-state index in [0.717, 1.165) is 29.7 Å². The van der Waals surface area contributed by atoms with Crippen LogP contribution in [0.15, 0.2) is 48.0 Å². The van der Waals surface area contributed by atoms with Crippen molar-refractivity contribution in [2.45, 2.75) is 32.8 Å². The molecule has 4 aromatic rings. The van der Waals surface area contributed by atoms with Gasteiger partial charge in [-0.1, -0.05) is 31.5 Å². The molecular weight excluding hydrogens is 318 g/mol. The monoisotopic (exact) mass is 337 g/mol. The topological polar surface area (TPSA) is 39.4 Å². The molecule has 0 fully saturated rings. The van der Waals surface area contributed by atoms with Crippen LogP contribution in [-0.2, 0) is 0 Å². The lowest BCUT2D eigenvalue weighted by Gasteiger charge is -2.12. The van der Waals surface area contributed by atoms with E-state index in [2.05, 4.69) is 53.6 Å². The van der Waals surface area contributed by atoms with E-state index in [4.69, 9.17) is 4.74 Å². The molecule has 3 aromatic heterocycles. The van der Waals surface area contributed by atoms with Gasteiger partial charge in [-0.05, 0) is 25.5 Å². The van der Waals surface area contributed by atoms with Crippen LogP contribution in [0.2, 0.25) is 0 Å². The number of hydrogen-bond donors (Lipinski definition) is 0. The third kappa shape index (κ3) is 2.65. The number of hydrogen-bond acceptors (Lipinski definition) is 4. The summed E-state index contributed by atoms with van der Waals surface area (Å²) in [6, 6.07) is 12.3. The summed E-state index contributed by atoms with van der Waals surface area (Å²) in [6.07, 6.45) is 4.16. The van der Waals surface area contributed by atoms with Crippen molar-refractivity contribution in [2.24, 2.45) is 0 Å². The quantitative estimate of drug-likeness (QED) is 0.504. The molecule has 1 atom stereocenters. The predicted molar refractivity (Wildman–Crippen MR) is 98.8 cm³/mol. The Morgan fingerprint density at radius 1 is 1.21 bits per heavy atom. The molecule has 0 amide bonds. The molecule has 24 heavy (non-hydrogen) atoms. The van der Waals surface area contributed by atoms with Gasteiger partial charge in [-0.25, -0.2) is 9.50 Å². The molecule has 0 saturated heterocycles. The molecule has 4 nitrogen and oxygen atoms in total. The number of thiophene rings is 1. The Kier molecular flexibility index (Phi) is 3.94. The van der Waals surface area contributed by atoms with E-state index in [1.165, 1.54) is 10.1 Å². The van der Waals surface area contributed by atoms with Crippen molar-refractivity contribution >= 4 is 27.1 Å². The van der Waals surface area contributed by atoms with Crippen molar-refractivity contribution in [2.75, 3.05) is 0 Å². The van der Waals surface area contributed by atoms with Crippen LogP contribution in [0.4, 0.5) is 0 Å². The molecule has 4 rings (SSSR count). The maximum atomic E-state index is 5.93. The zero-order valence-corrected chi connectivity index (χ0v) is 14.6. The molecule has 0 aliphatic heterocycles. The number of ether oxygens (including phenoxy) is 1. The summed E-state index contributed by atoms with van der Waals surface area (Å²) >= 11 is 1.74. The van der Waals surface area contributed by atoms with E-state index in [9.17, 15) is 0 Å². The van der Waals surface area contributed by atoms with Gasteiger partial charge in [0.1, 0.15) is 0 Å². The summed E-state index contributed by atoms with van der Waals surface area (Å²) in [5, 5.41) is 8.06. The first-order valence-corrected chi connectivity index (χ1v) is 9.12. The lowest BCUT2D eigenvalue weighted by molar-refractivity contribution is 0.199. The number of aromatic nitrogens is 3. The Bertz CT molecular complexity index is 989. The normalized spacial score (nSPS) is 12.8. The van der Waals surface area contributed by atoms with E-state index in [-0.39, 0.29) is 6.10 Å². The van der Waals surface area contributed by atoms with Crippen molar-refractivity contribution in [3.05, 3.63) is 48.0 Å². The molecule has 1 aromatic carbocycles. The summed E-state index contributed by atoms with van der Waals surface area (Å²) < 4.78 is 9.08. The molecule has 0 aliphatic rings. The number of nitrogens with zero attached hydrogens (tertiary/aromatic N) is 3. The maximum Gasteiger partial charge on any atom is 0.232 e. The number of rotatable bonds is 5. The second-order valence-electron chi connectivity index (χ2n) is 5.95. The SMILES string of the molecule is CCCC(C)Oc1ccc2ncc(-c3csc4ccccc34)n2n1. The van der Waals surface area contributed by atoms with E-state index < -0.39 is 0 Å². The molecule has 0 N–H and O–H groups in total. The van der Waals surface area contributed by atoms with Crippen molar-refractivity contribution in [1.29, 1.82) is 0 Å². The van der Waals surface area contributed by atoms with Gasteiger partial charge in [0.25, 0.3) is 0 Å². The summed E-state index contributed by atoms with van der Waals surface area (Å²) in [5.41, 5.74) is 2.99. The second kappa shape index (κ2) is 6.24. The standard InChI is InChI=1S/C19H19N3OS/c1-3-6-13(2)23-19-10-9-18-20-11-16(22(18)21-19)15-12-24-17-8-5-4-7-14(15)17/h4-5,7-13H,3,6H2,1-2H3. The molecule has 5 heteroatoms. The van der Waals surface area contributed by atoms with Gasteiger partial charge >= 0.3 is 0 Å². The van der Waals surface area contributed by atoms with Gasteiger partial charge in [-0.2, -0.15) is 0 Å². The highest BCUT2D eigenvalue weighted by molar-refractivity contribution is 7.17. The third-order valence-electron chi connectivity index (χ3n) is 4.11. The molecule has 3 heterocycles. The van der Waals surface area contributed by atoms with Gasteiger partial charge in [-0.15, -0.1) is 16.4 Å². The Hall–Kier alpha value is -2.40. The minimum absolute atomic E-state index is 0.161. The first-order chi connectivity index (χ1) is 11.8. The van der Waals surface area contributed by atoms with Crippen LogP contribution in [0.1, 0.15) is 26.7 Å². The van der Waals surface area contributed by atoms with Crippen LogP contribution in [0, 0.1) is 0 Å². The van der Waals surface area contributed by atoms with Crippen LogP contribution in [0.3, 0.4) is 0 Å². The van der Waals surface area contributed by atoms with Crippen molar-refractivity contribution in [1.82, 2.24) is 14.6 Å². The smallest absolute Gasteiger partial charge is 0.232 e. The first kappa shape index (κ1) is 15.1. The molecule has 122 valence electrons. The van der Waals surface area contributed by atoms with Crippen LogP contribution >= 0.6 is 11.3 Å². The van der Waals surface area contributed by atoms with Crippen molar-refractivity contribution < 1.29 is 4.74 Å². The molecule has 0 bridgehead atoms. The van der Waals surface area contributed by atoms with E-state index in [1.807, 2.05) is 22.8 Å². The second-order valence-corrected chi connectivity index (χ2v) is 6.86. The fourth-order valence-electron chi connectivity index (χ4n) is 2.95. The number of imidazole rings is 1. The van der Waals surface area contributed by atoms with Crippen molar-refractivity contribution in [3.8, 4) is 17.1 Å². The van der Waals surface area contributed by atoms with Gasteiger partial charge in [-0.3, -0.25) is 0 Å². The average Bonchev–Trinajstić information content (AvgIpc) is 3.18. The third-order valence-corrected chi connectivity index (χ3v) is 5.08. The Labute approximate surface area is 144 Å². The van der Waals surface area contributed by atoms with Gasteiger partial charge in [0.2, 0.25) is 5.88 Å². The van der Waals surface area contributed by atoms with E-state index in [1.54, 1.807) is 11.3 Å².